The molecular formula is C25H24N4O5S. The summed E-state index contributed by atoms with van der Waals surface area (Å²) < 4.78 is 35.4. The third kappa shape index (κ3) is 4.97. The largest absolute Gasteiger partial charge is 0.495 e. The lowest BCUT2D eigenvalue weighted by atomic mass is 10.1. The van der Waals surface area contributed by atoms with Crippen molar-refractivity contribution in [2.45, 2.75) is 18.7 Å². The quantitative estimate of drug-likeness (QED) is 0.362. The highest BCUT2D eigenvalue weighted by Gasteiger charge is 2.20. The fraction of sp³-hybridized carbons (Fsp3) is 0.120. The second kappa shape index (κ2) is 9.51. The second-order valence-electron chi connectivity index (χ2n) is 7.86. The number of sulfonamides is 1. The fourth-order valence-corrected chi connectivity index (χ4v) is 4.98. The van der Waals surface area contributed by atoms with Crippen molar-refractivity contribution in [1.82, 2.24) is 9.55 Å². The molecule has 0 atom stereocenters. The first-order chi connectivity index (χ1) is 16.7. The maximum Gasteiger partial charge on any atom is 0.330 e. The molecule has 10 heteroatoms. The van der Waals surface area contributed by atoms with Crippen LogP contribution in [0.5, 0.6) is 5.75 Å². The van der Waals surface area contributed by atoms with Gasteiger partial charge in [0.05, 0.1) is 23.4 Å². The van der Waals surface area contributed by atoms with Gasteiger partial charge in [-0.1, -0.05) is 18.2 Å². The molecule has 0 radical (unpaired) electrons. The van der Waals surface area contributed by atoms with E-state index in [9.17, 15) is 18.0 Å². The first-order valence-corrected chi connectivity index (χ1v) is 12.1. The summed E-state index contributed by atoms with van der Waals surface area (Å²) in [5, 5.41) is 2.73. The van der Waals surface area contributed by atoms with Crippen LogP contribution >= 0.6 is 0 Å². The predicted octanol–water partition coefficient (Wildman–Crippen LogP) is 3.84. The number of amides is 1. The summed E-state index contributed by atoms with van der Waals surface area (Å²) in [7, 11) is -2.50. The highest BCUT2D eigenvalue weighted by Crippen LogP contribution is 2.28. The maximum atomic E-state index is 13.1. The smallest absolute Gasteiger partial charge is 0.330 e. The van der Waals surface area contributed by atoms with Gasteiger partial charge in [-0.2, -0.15) is 0 Å². The molecule has 1 aromatic heterocycles. The summed E-state index contributed by atoms with van der Waals surface area (Å²) in [5.41, 5.74) is 2.59. The summed E-state index contributed by atoms with van der Waals surface area (Å²) in [6.45, 7) is 3.47. The van der Waals surface area contributed by atoms with Gasteiger partial charge in [-0.25, -0.2) is 13.2 Å². The van der Waals surface area contributed by atoms with E-state index in [1.165, 1.54) is 17.7 Å². The zero-order chi connectivity index (χ0) is 25.2. The Bertz CT molecular complexity index is 1550. The number of imidazole rings is 1. The molecule has 0 fully saturated rings. The van der Waals surface area contributed by atoms with E-state index in [0.29, 0.717) is 33.9 Å². The molecule has 0 saturated heterocycles. The lowest BCUT2D eigenvalue weighted by molar-refractivity contribution is 0.102. The van der Waals surface area contributed by atoms with E-state index in [-0.39, 0.29) is 10.6 Å². The average molecular weight is 493 g/mol. The van der Waals surface area contributed by atoms with Gasteiger partial charge >= 0.3 is 5.69 Å². The molecule has 0 saturated carbocycles. The summed E-state index contributed by atoms with van der Waals surface area (Å²) in [6, 6.07) is 17.9. The third-order valence-electron chi connectivity index (χ3n) is 5.43. The number of ether oxygens (including phenoxy) is 1. The number of carbonyl (C=O) groups excluding carboxylic acids is 1. The number of benzene rings is 3. The van der Waals surface area contributed by atoms with Crippen molar-refractivity contribution in [2.75, 3.05) is 17.1 Å². The Balaban J connectivity index is 1.56. The topological polar surface area (TPSA) is 122 Å². The minimum absolute atomic E-state index is 0.0267. The Morgan fingerprint density at radius 3 is 2.37 bits per heavy atom. The number of rotatable bonds is 7. The zero-order valence-corrected chi connectivity index (χ0v) is 20.1. The van der Waals surface area contributed by atoms with E-state index in [4.69, 9.17) is 4.74 Å². The van der Waals surface area contributed by atoms with Crippen molar-refractivity contribution in [3.05, 3.63) is 100 Å². The van der Waals surface area contributed by atoms with Crippen LogP contribution in [0, 0.1) is 13.8 Å². The monoisotopic (exact) mass is 492 g/mol. The molecule has 0 spiro atoms. The number of H-pyrrole nitrogens is 1. The Kier molecular flexibility index (Phi) is 6.48. The van der Waals surface area contributed by atoms with E-state index in [1.54, 1.807) is 80.7 Å². The van der Waals surface area contributed by atoms with Gasteiger partial charge in [-0.15, -0.1) is 0 Å². The Morgan fingerprint density at radius 2 is 1.71 bits per heavy atom. The van der Waals surface area contributed by atoms with Crippen molar-refractivity contribution in [2.24, 2.45) is 0 Å². The molecule has 1 amide bonds. The molecule has 0 aliphatic carbocycles. The number of nitrogens with one attached hydrogen (secondary N) is 3. The number of anilines is 2. The van der Waals surface area contributed by atoms with Gasteiger partial charge in [-0.3, -0.25) is 14.1 Å². The Morgan fingerprint density at radius 1 is 1.00 bits per heavy atom. The summed E-state index contributed by atoms with van der Waals surface area (Å²) >= 11 is 0. The van der Waals surface area contributed by atoms with Gasteiger partial charge in [0.1, 0.15) is 5.75 Å². The average Bonchev–Trinajstić information content (AvgIpc) is 3.18. The molecule has 4 aromatic rings. The van der Waals surface area contributed by atoms with E-state index in [1.807, 2.05) is 0 Å². The van der Waals surface area contributed by atoms with Gasteiger partial charge in [0.15, 0.2) is 0 Å². The molecule has 0 aliphatic rings. The van der Waals surface area contributed by atoms with Crippen molar-refractivity contribution in [3.63, 3.8) is 0 Å². The molecule has 35 heavy (non-hydrogen) atoms. The van der Waals surface area contributed by atoms with Crippen LogP contribution in [0.1, 0.15) is 21.6 Å². The van der Waals surface area contributed by atoms with E-state index in [0.717, 1.165) is 5.69 Å². The maximum absolute atomic E-state index is 13.1. The number of carbonyl (C=O) groups is 1. The number of aromatic nitrogens is 2. The van der Waals surface area contributed by atoms with Crippen LogP contribution < -0.4 is 20.5 Å². The van der Waals surface area contributed by atoms with Crippen molar-refractivity contribution >= 4 is 27.3 Å². The molecule has 3 aromatic carbocycles. The third-order valence-corrected chi connectivity index (χ3v) is 6.94. The molecule has 1 heterocycles. The fourth-order valence-electron chi connectivity index (χ4n) is 3.64. The first-order valence-electron chi connectivity index (χ1n) is 10.6. The molecule has 9 nitrogen and oxygen atoms in total. The minimum Gasteiger partial charge on any atom is -0.495 e. The summed E-state index contributed by atoms with van der Waals surface area (Å²) in [6.07, 6.45) is 1.61. The van der Waals surface area contributed by atoms with E-state index >= 15 is 0 Å². The van der Waals surface area contributed by atoms with Crippen LogP contribution in [0.4, 0.5) is 11.4 Å². The number of para-hydroxylation sites is 2. The predicted molar refractivity (Wildman–Crippen MR) is 134 cm³/mol. The second-order valence-corrected chi connectivity index (χ2v) is 9.51. The SMILES string of the molecule is COc1ccccc1NS(=O)(=O)c1cc(NC(=O)c2ccc(-n3c(C)c[nH]c3=O)cc2)ccc1C. The van der Waals surface area contributed by atoms with Crippen molar-refractivity contribution in [1.29, 1.82) is 0 Å². The molecule has 0 bridgehead atoms. The zero-order valence-electron chi connectivity index (χ0n) is 19.3. The lowest BCUT2D eigenvalue weighted by Crippen LogP contribution is -2.17. The van der Waals surface area contributed by atoms with Crippen LogP contribution in [0.3, 0.4) is 0 Å². The number of aryl methyl sites for hydroxylation is 2. The standard InChI is InChI=1S/C25H24N4O5S/c1-16-8-11-19(14-23(16)35(32,33)28-21-6-4-5-7-22(21)34-3)27-24(30)18-9-12-20(13-10-18)29-17(2)15-26-25(29)31/h4-15,28H,1-3H3,(H,26,31)(H,27,30). The number of methoxy groups -OCH3 is 1. The molecule has 180 valence electrons. The summed E-state index contributed by atoms with van der Waals surface area (Å²) in [5.74, 6) is -0.0293. The number of hydrogen-bond acceptors (Lipinski definition) is 5. The van der Waals surface area contributed by atoms with Gasteiger partial charge in [0.2, 0.25) is 0 Å². The van der Waals surface area contributed by atoms with Crippen molar-refractivity contribution in [3.8, 4) is 11.4 Å². The van der Waals surface area contributed by atoms with Crippen LogP contribution in [0.2, 0.25) is 0 Å². The van der Waals surface area contributed by atoms with E-state index in [2.05, 4.69) is 15.0 Å². The minimum atomic E-state index is -3.96. The van der Waals surface area contributed by atoms with Crippen LogP contribution in [0.25, 0.3) is 5.69 Å². The molecule has 0 unspecified atom stereocenters. The van der Waals surface area contributed by atoms with E-state index < -0.39 is 15.9 Å². The van der Waals surface area contributed by atoms with Gasteiger partial charge in [0.25, 0.3) is 15.9 Å². The first kappa shape index (κ1) is 23.8. The summed E-state index contributed by atoms with van der Waals surface area (Å²) in [4.78, 5) is 27.4. The number of nitrogens with zero attached hydrogens (tertiary/aromatic N) is 1. The molecule has 3 N–H and O–H groups in total. The highest BCUT2D eigenvalue weighted by molar-refractivity contribution is 7.92. The van der Waals surface area contributed by atoms with Crippen LogP contribution in [0.15, 0.2) is 82.6 Å². The Labute approximate surface area is 202 Å². The highest BCUT2D eigenvalue weighted by atomic mass is 32.2. The van der Waals surface area contributed by atoms with Crippen molar-refractivity contribution < 1.29 is 17.9 Å². The van der Waals surface area contributed by atoms with Crippen LogP contribution in [-0.2, 0) is 10.0 Å². The lowest BCUT2D eigenvalue weighted by Gasteiger charge is -2.14. The van der Waals surface area contributed by atoms with Gasteiger partial charge in [-0.05, 0) is 67.9 Å². The number of hydrogen-bond donors (Lipinski definition) is 3. The van der Waals surface area contributed by atoms with Gasteiger partial charge < -0.3 is 15.0 Å². The normalized spacial score (nSPS) is 11.2. The van der Waals surface area contributed by atoms with Gasteiger partial charge in [0, 0.05) is 23.1 Å². The Hall–Kier alpha value is -4.31. The molecular weight excluding hydrogens is 468 g/mol. The molecule has 0 aliphatic heterocycles. The molecule has 4 rings (SSSR count). The van der Waals surface area contributed by atoms with Crippen LogP contribution in [-0.4, -0.2) is 31.0 Å². The number of aromatic amines is 1.